The molecule has 0 fully saturated rings. The van der Waals surface area contributed by atoms with Gasteiger partial charge in [-0.1, -0.05) is 36.4 Å². The fraction of sp³-hybridized carbons (Fsp3) is 0.300. The summed E-state index contributed by atoms with van der Waals surface area (Å²) in [6.07, 6.45) is 0.880. The Bertz CT molecular complexity index is 767. The van der Waals surface area contributed by atoms with E-state index < -0.39 is 6.04 Å². The smallest absolute Gasteiger partial charge is 0.258 e. The Morgan fingerprint density at radius 2 is 1.88 bits per heavy atom. The highest BCUT2D eigenvalue weighted by molar-refractivity contribution is 7.99. The number of amides is 2. The lowest BCUT2D eigenvalue weighted by atomic mass is 10.0. The van der Waals surface area contributed by atoms with E-state index in [2.05, 4.69) is 16.7 Å². The van der Waals surface area contributed by atoms with Crippen LogP contribution in [0, 0.1) is 0 Å². The fourth-order valence-electron chi connectivity index (χ4n) is 2.80. The molecule has 0 bridgehead atoms. The van der Waals surface area contributed by atoms with Crippen molar-refractivity contribution in [2.75, 3.05) is 12.4 Å². The molecule has 0 spiro atoms. The Morgan fingerprint density at radius 3 is 2.69 bits per heavy atom. The van der Waals surface area contributed by atoms with Crippen molar-refractivity contribution in [3.8, 4) is 5.75 Å². The third kappa shape index (κ3) is 4.79. The van der Waals surface area contributed by atoms with Gasteiger partial charge in [-0.2, -0.15) is 0 Å². The van der Waals surface area contributed by atoms with Crippen molar-refractivity contribution in [3.63, 3.8) is 0 Å². The van der Waals surface area contributed by atoms with Gasteiger partial charge in [0.2, 0.25) is 5.91 Å². The Balaban J connectivity index is 1.50. The van der Waals surface area contributed by atoms with Gasteiger partial charge in [-0.15, -0.1) is 11.8 Å². The molecule has 2 aromatic carbocycles. The van der Waals surface area contributed by atoms with E-state index in [0.29, 0.717) is 5.75 Å². The average molecular weight is 370 g/mol. The van der Waals surface area contributed by atoms with Gasteiger partial charge >= 0.3 is 0 Å². The Morgan fingerprint density at radius 1 is 1.15 bits per heavy atom. The quantitative estimate of drug-likeness (QED) is 0.820. The van der Waals surface area contributed by atoms with Crippen LogP contribution in [0.3, 0.4) is 0 Å². The van der Waals surface area contributed by atoms with Crippen LogP contribution in [0.5, 0.6) is 5.75 Å². The molecule has 6 heteroatoms. The van der Waals surface area contributed by atoms with E-state index in [-0.39, 0.29) is 24.5 Å². The zero-order valence-corrected chi connectivity index (χ0v) is 15.4. The molecular formula is C20H22N2O3S. The standard InChI is InChI=1S/C20H22N2O3S/c1-14(21-19(23)13-25-15-7-3-2-4-8-15)20(24)22-17-11-12-26-18-10-6-5-9-16(17)18/h2-10,14,17H,11-13H2,1H3,(H,21,23)(H,22,24). The SMILES string of the molecule is CC(NC(=O)COc1ccccc1)C(=O)NC1CCSc2ccccc21. The van der Waals surface area contributed by atoms with Gasteiger partial charge in [-0.3, -0.25) is 9.59 Å². The molecule has 2 unspecified atom stereocenters. The molecule has 2 atom stereocenters. The number of carbonyl (C=O) groups is 2. The number of nitrogens with one attached hydrogen (secondary N) is 2. The molecule has 0 aromatic heterocycles. The van der Waals surface area contributed by atoms with Gasteiger partial charge in [-0.05, 0) is 37.1 Å². The maximum absolute atomic E-state index is 12.5. The van der Waals surface area contributed by atoms with Crippen molar-refractivity contribution < 1.29 is 14.3 Å². The highest BCUT2D eigenvalue weighted by Crippen LogP contribution is 2.35. The summed E-state index contributed by atoms with van der Waals surface area (Å²) in [6, 6.07) is 16.6. The van der Waals surface area contributed by atoms with Gasteiger partial charge in [0.1, 0.15) is 11.8 Å². The number of benzene rings is 2. The number of fused-ring (bicyclic) bond motifs is 1. The zero-order valence-electron chi connectivity index (χ0n) is 14.6. The number of ether oxygens (including phenoxy) is 1. The first-order valence-electron chi connectivity index (χ1n) is 8.63. The summed E-state index contributed by atoms with van der Waals surface area (Å²) >= 11 is 1.81. The van der Waals surface area contributed by atoms with Gasteiger partial charge in [0, 0.05) is 10.6 Å². The third-order valence-electron chi connectivity index (χ3n) is 4.16. The number of hydrogen-bond acceptors (Lipinski definition) is 4. The van der Waals surface area contributed by atoms with E-state index in [1.54, 1.807) is 30.8 Å². The van der Waals surface area contributed by atoms with Gasteiger partial charge in [0.25, 0.3) is 5.91 Å². The Kier molecular flexibility index (Phi) is 6.17. The van der Waals surface area contributed by atoms with Crippen molar-refractivity contribution >= 4 is 23.6 Å². The van der Waals surface area contributed by atoms with Crippen molar-refractivity contribution in [2.24, 2.45) is 0 Å². The number of thioether (sulfide) groups is 1. The lowest BCUT2D eigenvalue weighted by Gasteiger charge is -2.27. The molecule has 1 aliphatic rings. The van der Waals surface area contributed by atoms with Crippen LogP contribution in [0.25, 0.3) is 0 Å². The van der Waals surface area contributed by atoms with Crippen molar-refractivity contribution in [2.45, 2.75) is 30.3 Å². The molecule has 0 saturated carbocycles. The lowest BCUT2D eigenvalue weighted by molar-refractivity contribution is -0.130. The van der Waals surface area contributed by atoms with Crippen molar-refractivity contribution in [3.05, 3.63) is 60.2 Å². The van der Waals surface area contributed by atoms with Crippen LogP contribution in [-0.2, 0) is 9.59 Å². The minimum Gasteiger partial charge on any atom is -0.484 e. The first kappa shape index (κ1) is 18.3. The predicted octanol–water partition coefficient (Wildman–Crippen LogP) is 2.92. The third-order valence-corrected chi connectivity index (χ3v) is 5.28. The van der Waals surface area contributed by atoms with Crippen LogP contribution in [-0.4, -0.2) is 30.2 Å². The number of hydrogen-bond donors (Lipinski definition) is 2. The van der Waals surface area contributed by atoms with Gasteiger partial charge < -0.3 is 15.4 Å². The molecule has 3 rings (SSSR count). The number of carbonyl (C=O) groups excluding carboxylic acids is 2. The van der Waals surface area contributed by atoms with Crippen molar-refractivity contribution in [1.82, 2.24) is 10.6 Å². The second kappa shape index (κ2) is 8.76. The highest BCUT2D eigenvalue weighted by atomic mass is 32.2. The second-order valence-electron chi connectivity index (χ2n) is 6.13. The fourth-order valence-corrected chi connectivity index (χ4v) is 3.93. The van der Waals surface area contributed by atoms with E-state index in [9.17, 15) is 9.59 Å². The molecule has 1 heterocycles. The molecule has 2 aromatic rings. The first-order chi connectivity index (χ1) is 12.6. The molecule has 136 valence electrons. The molecule has 2 N–H and O–H groups in total. The normalized spacial score (nSPS) is 16.9. The Labute approximate surface area is 157 Å². The summed E-state index contributed by atoms with van der Waals surface area (Å²) in [7, 11) is 0. The highest BCUT2D eigenvalue weighted by Gasteiger charge is 2.24. The summed E-state index contributed by atoms with van der Waals surface area (Å²) < 4.78 is 5.40. The maximum Gasteiger partial charge on any atom is 0.258 e. The molecule has 26 heavy (non-hydrogen) atoms. The van der Waals surface area contributed by atoms with Crippen LogP contribution in [0.4, 0.5) is 0 Å². The molecular weight excluding hydrogens is 348 g/mol. The second-order valence-corrected chi connectivity index (χ2v) is 7.26. The summed E-state index contributed by atoms with van der Waals surface area (Å²) in [4.78, 5) is 25.7. The van der Waals surface area contributed by atoms with Crippen molar-refractivity contribution in [1.29, 1.82) is 0 Å². The minimum absolute atomic E-state index is 0.0140. The van der Waals surface area contributed by atoms with E-state index in [1.165, 1.54) is 4.90 Å². The van der Waals surface area contributed by atoms with Crippen LogP contribution in [0.1, 0.15) is 24.9 Å². The van der Waals surface area contributed by atoms with Crippen LogP contribution < -0.4 is 15.4 Å². The molecule has 1 aliphatic heterocycles. The topological polar surface area (TPSA) is 67.4 Å². The largest absolute Gasteiger partial charge is 0.484 e. The van der Waals surface area contributed by atoms with E-state index in [0.717, 1.165) is 17.7 Å². The van der Waals surface area contributed by atoms with Crippen LogP contribution in [0.15, 0.2) is 59.5 Å². The monoisotopic (exact) mass is 370 g/mol. The first-order valence-corrected chi connectivity index (χ1v) is 9.61. The van der Waals surface area contributed by atoms with Gasteiger partial charge in [0.15, 0.2) is 6.61 Å². The van der Waals surface area contributed by atoms with E-state index in [4.69, 9.17) is 4.74 Å². The summed E-state index contributed by atoms with van der Waals surface area (Å²) in [5, 5.41) is 5.73. The summed E-state index contributed by atoms with van der Waals surface area (Å²) in [6.45, 7) is 1.56. The maximum atomic E-state index is 12.5. The summed E-state index contributed by atoms with van der Waals surface area (Å²) in [5.74, 6) is 1.07. The van der Waals surface area contributed by atoms with Gasteiger partial charge in [-0.25, -0.2) is 0 Å². The molecule has 2 amide bonds. The molecule has 0 radical (unpaired) electrons. The van der Waals surface area contributed by atoms with Gasteiger partial charge in [0.05, 0.1) is 6.04 Å². The molecule has 5 nitrogen and oxygen atoms in total. The van der Waals surface area contributed by atoms with E-state index in [1.807, 2.05) is 36.4 Å². The van der Waals surface area contributed by atoms with E-state index >= 15 is 0 Å². The molecule has 0 aliphatic carbocycles. The van der Waals surface area contributed by atoms with Crippen LogP contribution >= 0.6 is 11.8 Å². The summed E-state index contributed by atoms with van der Waals surface area (Å²) in [5.41, 5.74) is 1.14. The zero-order chi connectivity index (χ0) is 18.4. The number of para-hydroxylation sites is 1. The van der Waals surface area contributed by atoms with Crippen LogP contribution in [0.2, 0.25) is 0 Å². The predicted molar refractivity (Wildman–Crippen MR) is 102 cm³/mol. The molecule has 0 saturated heterocycles. The number of rotatable bonds is 6. The minimum atomic E-state index is -0.622. The Hall–Kier alpha value is -2.47. The average Bonchev–Trinajstić information content (AvgIpc) is 2.67. The lowest BCUT2D eigenvalue weighted by Crippen LogP contribution is -2.47.